The lowest BCUT2D eigenvalue weighted by Crippen LogP contribution is -2.37. The quantitative estimate of drug-likeness (QED) is 0.361. The van der Waals surface area contributed by atoms with Crippen molar-refractivity contribution in [3.63, 3.8) is 0 Å². The van der Waals surface area contributed by atoms with Crippen molar-refractivity contribution in [2.75, 3.05) is 40.0 Å². The first-order chi connectivity index (χ1) is 16.9. The number of aromatic nitrogens is 2. The number of aliphatic hydroxyl groups excluding tert-OH is 1. The van der Waals surface area contributed by atoms with Crippen molar-refractivity contribution in [3.8, 4) is 22.9 Å². The Morgan fingerprint density at radius 1 is 1.06 bits per heavy atom. The average molecular weight is 482 g/mol. The maximum Gasteiger partial charge on any atom is 0.222 e. The van der Waals surface area contributed by atoms with Gasteiger partial charge in [-0.3, -0.25) is 4.90 Å². The van der Waals surface area contributed by atoms with Crippen molar-refractivity contribution < 1.29 is 19.3 Å². The van der Waals surface area contributed by atoms with Crippen LogP contribution >= 0.6 is 0 Å². The molecule has 0 bridgehead atoms. The van der Waals surface area contributed by atoms with Crippen LogP contribution in [0.1, 0.15) is 25.0 Å². The molecule has 3 rings (SSSR count). The van der Waals surface area contributed by atoms with Gasteiger partial charge in [-0.25, -0.2) is 4.68 Å². The zero-order chi connectivity index (χ0) is 25.2. The van der Waals surface area contributed by atoms with Gasteiger partial charge in [-0.1, -0.05) is 56.3 Å². The Kier molecular flexibility index (Phi) is 10.3. The fraction of sp³-hybridized carbons (Fsp3) is 0.464. The molecule has 0 saturated heterocycles. The number of benzene rings is 2. The molecule has 0 aliphatic carbocycles. The minimum atomic E-state index is -0.608. The summed E-state index contributed by atoms with van der Waals surface area (Å²) in [5, 5.41) is 15.5. The Bertz CT molecular complexity index is 1040. The van der Waals surface area contributed by atoms with Crippen LogP contribution in [0, 0.1) is 12.8 Å². The van der Waals surface area contributed by atoms with E-state index in [1.165, 1.54) is 0 Å². The first-order valence-corrected chi connectivity index (χ1v) is 12.2. The number of nitrogens with zero attached hydrogens (tertiary/aromatic N) is 3. The van der Waals surface area contributed by atoms with E-state index in [2.05, 4.69) is 30.9 Å². The molecule has 1 heterocycles. The zero-order valence-electron chi connectivity index (χ0n) is 21.6. The Morgan fingerprint density at radius 3 is 2.51 bits per heavy atom. The second-order valence-electron chi connectivity index (χ2n) is 9.35. The molecule has 0 fully saturated rings. The summed E-state index contributed by atoms with van der Waals surface area (Å²) in [4.78, 5) is 2.17. The van der Waals surface area contributed by atoms with Crippen molar-refractivity contribution in [1.82, 2.24) is 14.7 Å². The van der Waals surface area contributed by atoms with Crippen LogP contribution in [0.2, 0.25) is 0 Å². The second-order valence-corrected chi connectivity index (χ2v) is 9.35. The van der Waals surface area contributed by atoms with Crippen LogP contribution in [0.5, 0.6) is 11.6 Å². The average Bonchev–Trinajstić information content (AvgIpc) is 3.12. The molecule has 0 spiro atoms. The molecule has 2 aromatic carbocycles. The van der Waals surface area contributed by atoms with Crippen molar-refractivity contribution in [2.24, 2.45) is 13.0 Å². The monoisotopic (exact) mass is 481 g/mol. The molecule has 3 aromatic rings. The summed E-state index contributed by atoms with van der Waals surface area (Å²) in [7, 11) is 3.58. The summed E-state index contributed by atoms with van der Waals surface area (Å²) in [6, 6.07) is 18.1. The zero-order valence-corrected chi connectivity index (χ0v) is 21.6. The third-order valence-electron chi connectivity index (χ3n) is 5.56. The minimum absolute atomic E-state index is 0.299. The van der Waals surface area contributed by atoms with Gasteiger partial charge in [0.25, 0.3) is 0 Å². The number of hydrogen-bond acceptors (Lipinski definition) is 6. The number of rotatable bonds is 14. The standard InChI is InChI=1S/C28H39N3O4/c1-21(2)19-34-20-24(32)17-31(14-15-33-5)18-26-27(23-11-7-6-8-12-23)29-30(4)28(26)35-25-13-9-10-22(3)16-25/h6-13,16,21,24,32H,14-15,17-20H2,1-5H3. The summed E-state index contributed by atoms with van der Waals surface area (Å²) >= 11 is 0. The number of aliphatic hydroxyl groups is 1. The first-order valence-electron chi connectivity index (χ1n) is 12.2. The molecule has 7 nitrogen and oxygen atoms in total. The van der Waals surface area contributed by atoms with Gasteiger partial charge in [0.15, 0.2) is 0 Å². The predicted octanol–water partition coefficient (Wildman–Crippen LogP) is 4.67. The van der Waals surface area contributed by atoms with Gasteiger partial charge in [0.05, 0.1) is 24.9 Å². The van der Waals surface area contributed by atoms with E-state index < -0.39 is 6.10 Å². The van der Waals surface area contributed by atoms with Gasteiger partial charge in [-0.15, -0.1) is 0 Å². The molecular formula is C28H39N3O4. The lowest BCUT2D eigenvalue weighted by atomic mass is 10.1. The molecule has 190 valence electrons. The van der Waals surface area contributed by atoms with E-state index in [1.807, 2.05) is 56.4 Å². The Balaban J connectivity index is 1.90. The summed E-state index contributed by atoms with van der Waals surface area (Å²) in [5.74, 6) is 1.87. The molecule has 1 aromatic heterocycles. The van der Waals surface area contributed by atoms with Gasteiger partial charge in [0.1, 0.15) is 11.4 Å². The van der Waals surface area contributed by atoms with E-state index >= 15 is 0 Å². The van der Waals surface area contributed by atoms with Crippen molar-refractivity contribution in [2.45, 2.75) is 33.4 Å². The number of ether oxygens (including phenoxy) is 3. The molecule has 1 N–H and O–H groups in total. The maximum atomic E-state index is 10.7. The lowest BCUT2D eigenvalue weighted by molar-refractivity contribution is 0.00329. The normalized spacial score (nSPS) is 12.5. The van der Waals surface area contributed by atoms with Gasteiger partial charge in [-0.05, 0) is 30.5 Å². The summed E-state index contributed by atoms with van der Waals surface area (Å²) < 4.78 is 19.2. The topological polar surface area (TPSA) is 69.0 Å². The lowest BCUT2D eigenvalue weighted by Gasteiger charge is -2.25. The molecule has 35 heavy (non-hydrogen) atoms. The highest BCUT2D eigenvalue weighted by Gasteiger charge is 2.23. The molecule has 1 unspecified atom stereocenters. The molecule has 0 radical (unpaired) electrons. The fourth-order valence-electron chi connectivity index (χ4n) is 3.91. The summed E-state index contributed by atoms with van der Waals surface area (Å²) in [5.41, 5.74) is 3.97. The van der Waals surface area contributed by atoms with E-state index in [4.69, 9.17) is 19.3 Å². The van der Waals surface area contributed by atoms with Crippen molar-refractivity contribution in [3.05, 3.63) is 65.7 Å². The molecule has 0 saturated carbocycles. The second kappa shape index (κ2) is 13.4. The minimum Gasteiger partial charge on any atom is -0.439 e. The Hall–Kier alpha value is -2.71. The van der Waals surface area contributed by atoms with Crippen LogP contribution in [0.15, 0.2) is 54.6 Å². The van der Waals surface area contributed by atoms with E-state index in [1.54, 1.807) is 11.8 Å². The Morgan fingerprint density at radius 2 is 1.83 bits per heavy atom. The third-order valence-corrected chi connectivity index (χ3v) is 5.56. The van der Waals surface area contributed by atoms with Gasteiger partial charge in [0, 0.05) is 46.0 Å². The molecular weight excluding hydrogens is 442 g/mol. The van der Waals surface area contributed by atoms with Gasteiger partial charge >= 0.3 is 0 Å². The smallest absolute Gasteiger partial charge is 0.222 e. The number of methoxy groups -OCH3 is 1. The van der Waals surface area contributed by atoms with Crippen LogP contribution in [0.3, 0.4) is 0 Å². The summed E-state index contributed by atoms with van der Waals surface area (Å²) in [6.07, 6.45) is -0.608. The van der Waals surface area contributed by atoms with Gasteiger partial charge < -0.3 is 19.3 Å². The predicted molar refractivity (Wildman–Crippen MR) is 139 cm³/mol. The molecule has 0 aliphatic heterocycles. The highest BCUT2D eigenvalue weighted by molar-refractivity contribution is 5.65. The van der Waals surface area contributed by atoms with E-state index in [0.29, 0.717) is 51.3 Å². The van der Waals surface area contributed by atoms with Gasteiger partial charge in [-0.2, -0.15) is 5.10 Å². The van der Waals surface area contributed by atoms with E-state index in [-0.39, 0.29) is 0 Å². The van der Waals surface area contributed by atoms with Crippen molar-refractivity contribution in [1.29, 1.82) is 0 Å². The summed E-state index contributed by atoms with van der Waals surface area (Å²) in [6.45, 7) is 9.37. The Labute approximate surface area is 209 Å². The first kappa shape index (κ1) is 26.9. The van der Waals surface area contributed by atoms with Crippen LogP contribution in [0.4, 0.5) is 0 Å². The molecule has 1 atom stereocenters. The van der Waals surface area contributed by atoms with Crippen LogP contribution in [-0.2, 0) is 23.1 Å². The van der Waals surface area contributed by atoms with Crippen LogP contribution in [0.25, 0.3) is 11.3 Å². The number of aryl methyl sites for hydroxylation is 2. The highest BCUT2D eigenvalue weighted by Crippen LogP contribution is 2.34. The van der Waals surface area contributed by atoms with E-state index in [0.717, 1.165) is 28.1 Å². The fourth-order valence-corrected chi connectivity index (χ4v) is 3.91. The SMILES string of the molecule is COCCN(Cc1c(-c2ccccc2)nn(C)c1Oc1cccc(C)c1)CC(O)COCC(C)C. The van der Waals surface area contributed by atoms with Crippen LogP contribution in [-0.4, -0.2) is 65.9 Å². The van der Waals surface area contributed by atoms with Crippen LogP contribution < -0.4 is 4.74 Å². The maximum absolute atomic E-state index is 10.7. The molecule has 0 amide bonds. The molecule has 0 aliphatic rings. The van der Waals surface area contributed by atoms with Crippen molar-refractivity contribution >= 4 is 0 Å². The third kappa shape index (κ3) is 8.18. The van der Waals surface area contributed by atoms with E-state index in [9.17, 15) is 5.11 Å². The molecule has 7 heteroatoms. The van der Waals surface area contributed by atoms with Gasteiger partial charge in [0.2, 0.25) is 5.88 Å². The largest absolute Gasteiger partial charge is 0.439 e. The highest BCUT2D eigenvalue weighted by atomic mass is 16.5. The number of hydrogen-bond donors (Lipinski definition) is 1.